The molecule has 10 heteroatoms. The minimum absolute atomic E-state index is 0.344. The molecule has 2 aromatic carbocycles. The van der Waals surface area contributed by atoms with E-state index < -0.39 is 18.8 Å². The molecule has 0 aliphatic carbocycles. The quantitative estimate of drug-likeness (QED) is 0.528. The Balaban J connectivity index is 1.74. The number of rotatable bonds is 7. The molecule has 1 aliphatic heterocycles. The van der Waals surface area contributed by atoms with E-state index in [1.165, 1.54) is 11.8 Å². The molecule has 1 unspecified atom stereocenters. The average Bonchev–Trinajstić information content (AvgIpc) is 2.94. The van der Waals surface area contributed by atoms with Crippen LogP contribution in [-0.4, -0.2) is 45.7 Å². The van der Waals surface area contributed by atoms with Gasteiger partial charge in [0.1, 0.15) is 0 Å². The molecular weight excluding hydrogens is 420 g/mol. The number of carboxylic acids is 1. The Morgan fingerprint density at radius 2 is 2.03 bits per heavy atom. The Morgan fingerprint density at radius 1 is 1.19 bits per heavy atom. The van der Waals surface area contributed by atoms with Gasteiger partial charge in [-0.3, -0.25) is 0 Å². The number of benzene rings is 2. The van der Waals surface area contributed by atoms with Crippen LogP contribution in [0.4, 0.5) is 5.69 Å². The van der Waals surface area contributed by atoms with Crippen molar-refractivity contribution in [2.45, 2.75) is 18.3 Å². The summed E-state index contributed by atoms with van der Waals surface area (Å²) in [6.07, 6.45) is 1.27. The summed E-state index contributed by atoms with van der Waals surface area (Å²) in [5, 5.41) is 21.2. The van der Waals surface area contributed by atoms with Crippen LogP contribution in [0.15, 0.2) is 47.6 Å². The number of aliphatic carboxylic acids is 1. The summed E-state index contributed by atoms with van der Waals surface area (Å²) in [7, 11) is 0. The molecule has 0 bridgehead atoms. The first-order chi connectivity index (χ1) is 15.1. The summed E-state index contributed by atoms with van der Waals surface area (Å²) in [5.74, 6) is 0.0716. The number of hydrogen-bond acceptors (Lipinski definition) is 9. The number of thioether (sulfide) groups is 1. The standard InChI is InChI=1S/C21H20N4O5S/c1-3-28-16-10-12(8-9-15(16)29-11-17(26)27)19-22-14-7-5-4-6-13(14)18-20(30-19)23-21(31-2)25-24-18/h4-10,19,22H,3,11H2,1-2H3,(H,26,27). The molecule has 1 atom stereocenters. The van der Waals surface area contributed by atoms with Crippen molar-refractivity contribution in [1.82, 2.24) is 15.2 Å². The zero-order chi connectivity index (χ0) is 21.8. The topological polar surface area (TPSA) is 116 Å². The third-order valence-electron chi connectivity index (χ3n) is 4.44. The van der Waals surface area contributed by atoms with Crippen molar-refractivity contribution in [3.05, 3.63) is 48.0 Å². The van der Waals surface area contributed by atoms with Crippen molar-refractivity contribution in [3.63, 3.8) is 0 Å². The molecule has 1 aliphatic rings. The van der Waals surface area contributed by atoms with Gasteiger partial charge >= 0.3 is 5.97 Å². The van der Waals surface area contributed by atoms with Gasteiger partial charge in [-0.25, -0.2) is 4.79 Å². The molecule has 0 saturated carbocycles. The van der Waals surface area contributed by atoms with Gasteiger partial charge in [0.05, 0.1) is 6.61 Å². The highest BCUT2D eigenvalue weighted by Crippen LogP contribution is 2.40. The van der Waals surface area contributed by atoms with Crippen LogP contribution >= 0.6 is 11.8 Å². The summed E-state index contributed by atoms with van der Waals surface area (Å²) in [5.41, 5.74) is 2.95. The van der Waals surface area contributed by atoms with Crippen LogP contribution in [0.3, 0.4) is 0 Å². The first-order valence-electron chi connectivity index (χ1n) is 9.51. The second-order valence-electron chi connectivity index (χ2n) is 6.46. The Hall–Kier alpha value is -3.53. The molecular formula is C21H20N4O5S. The molecule has 2 heterocycles. The fourth-order valence-corrected chi connectivity index (χ4v) is 3.40. The number of carboxylic acid groups (broad SMARTS) is 1. The monoisotopic (exact) mass is 440 g/mol. The third kappa shape index (κ3) is 4.48. The van der Waals surface area contributed by atoms with Crippen LogP contribution in [0.5, 0.6) is 17.4 Å². The van der Waals surface area contributed by atoms with Crippen LogP contribution in [0.25, 0.3) is 11.3 Å². The highest BCUT2D eigenvalue weighted by molar-refractivity contribution is 7.98. The minimum atomic E-state index is -1.06. The van der Waals surface area contributed by atoms with E-state index in [1.54, 1.807) is 18.2 Å². The zero-order valence-corrected chi connectivity index (χ0v) is 17.7. The van der Waals surface area contributed by atoms with E-state index in [0.717, 1.165) is 16.8 Å². The van der Waals surface area contributed by atoms with Gasteiger partial charge in [-0.05, 0) is 37.4 Å². The van der Waals surface area contributed by atoms with E-state index in [0.29, 0.717) is 34.8 Å². The normalized spacial score (nSPS) is 14.3. The van der Waals surface area contributed by atoms with Gasteiger partial charge < -0.3 is 24.6 Å². The Labute approximate surface area is 182 Å². The summed E-state index contributed by atoms with van der Waals surface area (Å²) in [6.45, 7) is 1.78. The van der Waals surface area contributed by atoms with E-state index >= 15 is 0 Å². The number of ether oxygens (including phenoxy) is 3. The fraction of sp³-hybridized carbons (Fsp3) is 0.238. The lowest BCUT2D eigenvalue weighted by Crippen LogP contribution is -2.17. The Morgan fingerprint density at radius 3 is 2.81 bits per heavy atom. The van der Waals surface area contributed by atoms with Crippen molar-refractivity contribution in [2.75, 3.05) is 24.8 Å². The number of fused-ring (bicyclic) bond motifs is 3. The van der Waals surface area contributed by atoms with Gasteiger partial charge in [0.25, 0.3) is 0 Å². The second-order valence-corrected chi connectivity index (χ2v) is 7.24. The minimum Gasteiger partial charge on any atom is -0.490 e. The first kappa shape index (κ1) is 20.7. The van der Waals surface area contributed by atoms with E-state index in [2.05, 4.69) is 20.5 Å². The highest BCUT2D eigenvalue weighted by Gasteiger charge is 2.26. The second kappa shape index (κ2) is 9.09. The highest BCUT2D eigenvalue weighted by atomic mass is 32.2. The Bertz CT molecular complexity index is 1110. The summed E-state index contributed by atoms with van der Waals surface area (Å²) in [4.78, 5) is 15.4. The molecule has 0 spiro atoms. The molecule has 0 radical (unpaired) electrons. The van der Waals surface area contributed by atoms with E-state index in [-0.39, 0.29) is 0 Å². The fourth-order valence-electron chi connectivity index (χ4n) is 3.10. The SMILES string of the molecule is CCOc1cc(C2Nc3ccccc3-c3nnc(SC)nc3O2)ccc1OCC(=O)O. The van der Waals surface area contributed by atoms with Gasteiger partial charge in [0.15, 0.2) is 30.0 Å². The first-order valence-corrected chi connectivity index (χ1v) is 10.7. The van der Waals surface area contributed by atoms with Gasteiger partial charge in [-0.2, -0.15) is 4.98 Å². The van der Waals surface area contributed by atoms with Gasteiger partial charge in [0.2, 0.25) is 11.0 Å². The molecule has 0 fully saturated rings. The zero-order valence-electron chi connectivity index (χ0n) is 16.9. The molecule has 0 saturated heterocycles. The average molecular weight is 440 g/mol. The lowest BCUT2D eigenvalue weighted by atomic mass is 10.1. The predicted octanol–water partition coefficient (Wildman–Crippen LogP) is 3.63. The van der Waals surface area contributed by atoms with Crippen LogP contribution < -0.4 is 19.5 Å². The third-order valence-corrected chi connectivity index (χ3v) is 4.98. The lowest BCUT2D eigenvalue weighted by Gasteiger charge is -2.21. The maximum absolute atomic E-state index is 10.9. The number of para-hydroxylation sites is 1. The maximum Gasteiger partial charge on any atom is 0.341 e. The summed E-state index contributed by atoms with van der Waals surface area (Å²) >= 11 is 1.38. The molecule has 31 heavy (non-hydrogen) atoms. The number of carbonyl (C=O) groups is 1. The predicted molar refractivity (Wildman–Crippen MR) is 115 cm³/mol. The van der Waals surface area contributed by atoms with Crippen molar-refractivity contribution >= 4 is 23.4 Å². The van der Waals surface area contributed by atoms with E-state index in [9.17, 15) is 4.79 Å². The summed E-state index contributed by atoms with van der Waals surface area (Å²) < 4.78 is 17.2. The number of hydrogen-bond donors (Lipinski definition) is 2. The van der Waals surface area contributed by atoms with Crippen LogP contribution in [-0.2, 0) is 4.79 Å². The van der Waals surface area contributed by atoms with Crippen LogP contribution in [0.1, 0.15) is 18.7 Å². The van der Waals surface area contributed by atoms with Crippen LogP contribution in [0.2, 0.25) is 0 Å². The number of anilines is 1. The number of nitrogens with one attached hydrogen (secondary N) is 1. The lowest BCUT2D eigenvalue weighted by molar-refractivity contribution is -0.139. The maximum atomic E-state index is 10.9. The van der Waals surface area contributed by atoms with Gasteiger partial charge in [-0.15, -0.1) is 10.2 Å². The van der Waals surface area contributed by atoms with Gasteiger partial charge in [0, 0.05) is 16.8 Å². The molecule has 4 rings (SSSR count). The smallest absolute Gasteiger partial charge is 0.341 e. The van der Waals surface area contributed by atoms with Crippen molar-refractivity contribution < 1.29 is 24.1 Å². The van der Waals surface area contributed by atoms with Crippen molar-refractivity contribution in [3.8, 4) is 28.6 Å². The molecule has 0 amide bonds. The number of nitrogens with zero attached hydrogens (tertiary/aromatic N) is 3. The molecule has 160 valence electrons. The van der Waals surface area contributed by atoms with Crippen molar-refractivity contribution in [2.24, 2.45) is 0 Å². The number of aromatic nitrogens is 3. The van der Waals surface area contributed by atoms with Gasteiger partial charge in [-0.1, -0.05) is 30.0 Å². The molecule has 9 nitrogen and oxygen atoms in total. The largest absolute Gasteiger partial charge is 0.490 e. The van der Waals surface area contributed by atoms with E-state index in [4.69, 9.17) is 19.3 Å². The van der Waals surface area contributed by atoms with Crippen LogP contribution in [0, 0.1) is 0 Å². The Kier molecular flexibility index (Phi) is 6.08. The van der Waals surface area contributed by atoms with Crippen molar-refractivity contribution in [1.29, 1.82) is 0 Å². The summed E-state index contributed by atoms with van der Waals surface area (Å²) in [6, 6.07) is 12.9. The molecule has 3 aromatic rings. The molecule has 1 aromatic heterocycles. The van der Waals surface area contributed by atoms with E-state index in [1.807, 2.05) is 37.4 Å². The molecule has 2 N–H and O–H groups in total.